The SMILES string of the molecule is COCCCN(Cc1c(C)nn(-c2cccc(F)c2)c1N1CCN(C)CC1)S(=O)(=O)Cc1ccccc1. The number of rotatable bonds is 11. The second kappa shape index (κ2) is 12.2. The largest absolute Gasteiger partial charge is 0.385 e. The monoisotopic (exact) mass is 529 g/mol. The fourth-order valence-corrected chi connectivity index (χ4v) is 6.15. The van der Waals surface area contributed by atoms with Crippen LogP contribution in [0.2, 0.25) is 0 Å². The lowest BCUT2D eigenvalue weighted by atomic mass is 10.2. The molecule has 10 heteroatoms. The van der Waals surface area contributed by atoms with E-state index in [1.807, 2.05) is 43.3 Å². The number of nitrogens with zero attached hydrogens (tertiary/aromatic N) is 5. The average molecular weight is 530 g/mol. The van der Waals surface area contributed by atoms with E-state index in [1.54, 1.807) is 22.2 Å². The van der Waals surface area contributed by atoms with Gasteiger partial charge in [-0.05, 0) is 44.2 Å². The minimum atomic E-state index is -3.64. The number of sulfonamides is 1. The lowest BCUT2D eigenvalue weighted by Gasteiger charge is -2.35. The molecule has 2 heterocycles. The third kappa shape index (κ3) is 6.75. The number of ether oxygens (including phenoxy) is 1. The molecule has 1 aliphatic heterocycles. The van der Waals surface area contributed by atoms with Gasteiger partial charge in [-0.15, -0.1) is 0 Å². The summed E-state index contributed by atoms with van der Waals surface area (Å²) in [5.74, 6) is 0.396. The van der Waals surface area contributed by atoms with E-state index in [9.17, 15) is 12.8 Å². The Labute approximate surface area is 219 Å². The number of anilines is 1. The van der Waals surface area contributed by atoms with E-state index in [1.165, 1.54) is 12.1 Å². The Hall–Kier alpha value is -2.79. The van der Waals surface area contributed by atoms with Crippen molar-refractivity contribution in [2.24, 2.45) is 0 Å². The number of hydrogen-bond acceptors (Lipinski definition) is 6. The first kappa shape index (κ1) is 27.3. The summed E-state index contributed by atoms with van der Waals surface area (Å²) in [5.41, 5.74) is 2.92. The third-order valence-electron chi connectivity index (χ3n) is 6.69. The van der Waals surface area contributed by atoms with Crippen LogP contribution in [0, 0.1) is 12.7 Å². The first-order valence-electron chi connectivity index (χ1n) is 12.6. The molecule has 1 aromatic heterocycles. The van der Waals surface area contributed by atoms with Crippen molar-refractivity contribution >= 4 is 15.8 Å². The fourth-order valence-electron chi connectivity index (χ4n) is 4.62. The Morgan fingerprint density at radius 2 is 1.78 bits per heavy atom. The maximum Gasteiger partial charge on any atom is 0.218 e. The lowest BCUT2D eigenvalue weighted by molar-refractivity contribution is 0.186. The first-order valence-corrected chi connectivity index (χ1v) is 14.2. The minimum Gasteiger partial charge on any atom is -0.385 e. The lowest BCUT2D eigenvalue weighted by Crippen LogP contribution is -2.45. The van der Waals surface area contributed by atoms with E-state index in [-0.39, 0.29) is 18.1 Å². The van der Waals surface area contributed by atoms with Crippen LogP contribution in [-0.4, -0.2) is 80.9 Å². The van der Waals surface area contributed by atoms with Crippen molar-refractivity contribution < 1.29 is 17.5 Å². The standard InChI is InChI=1S/C27H36FN5O3S/c1-22-26(20-32(13-8-18-36-3)37(34,35)21-23-9-5-4-6-10-23)27(31-16-14-30(2)15-17-31)33(29-22)25-12-7-11-24(28)19-25/h4-7,9-12,19H,8,13-18,20-21H2,1-3H3. The summed E-state index contributed by atoms with van der Waals surface area (Å²) < 4.78 is 50.0. The van der Waals surface area contributed by atoms with Crippen molar-refractivity contribution in [3.8, 4) is 5.69 Å². The van der Waals surface area contributed by atoms with Crippen molar-refractivity contribution in [1.29, 1.82) is 0 Å². The van der Waals surface area contributed by atoms with Crippen LogP contribution in [0.5, 0.6) is 0 Å². The normalized spacial score (nSPS) is 15.0. The number of hydrogen-bond donors (Lipinski definition) is 0. The van der Waals surface area contributed by atoms with Crippen LogP contribution in [0.15, 0.2) is 54.6 Å². The molecule has 200 valence electrons. The van der Waals surface area contributed by atoms with Gasteiger partial charge >= 0.3 is 0 Å². The van der Waals surface area contributed by atoms with E-state index >= 15 is 0 Å². The van der Waals surface area contributed by atoms with E-state index < -0.39 is 10.0 Å². The zero-order chi connectivity index (χ0) is 26.4. The number of aryl methyl sites for hydroxylation is 1. The topological polar surface area (TPSA) is 70.9 Å². The zero-order valence-corrected chi connectivity index (χ0v) is 22.6. The van der Waals surface area contributed by atoms with Gasteiger partial charge in [-0.25, -0.2) is 17.5 Å². The molecule has 1 aliphatic rings. The number of methoxy groups -OCH3 is 1. The van der Waals surface area contributed by atoms with Crippen molar-refractivity contribution in [2.45, 2.75) is 25.6 Å². The van der Waals surface area contributed by atoms with Crippen molar-refractivity contribution in [3.63, 3.8) is 0 Å². The third-order valence-corrected chi connectivity index (χ3v) is 8.49. The molecule has 0 saturated carbocycles. The molecule has 0 unspecified atom stereocenters. The highest BCUT2D eigenvalue weighted by atomic mass is 32.2. The van der Waals surface area contributed by atoms with E-state index in [4.69, 9.17) is 9.84 Å². The van der Waals surface area contributed by atoms with Gasteiger partial charge < -0.3 is 14.5 Å². The predicted octanol–water partition coefficient (Wildman–Crippen LogP) is 3.44. The minimum absolute atomic E-state index is 0.0816. The number of piperazine rings is 1. The Balaban J connectivity index is 1.74. The highest BCUT2D eigenvalue weighted by Gasteiger charge is 2.30. The van der Waals surface area contributed by atoms with Crippen LogP contribution in [0.1, 0.15) is 23.2 Å². The van der Waals surface area contributed by atoms with Crippen molar-refractivity contribution in [1.82, 2.24) is 19.0 Å². The Morgan fingerprint density at radius 3 is 2.46 bits per heavy atom. The Kier molecular flexibility index (Phi) is 8.96. The molecule has 0 N–H and O–H groups in total. The second-order valence-corrected chi connectivity index (χ2v) is 11.5. The van der Waals surface area contributed by atoms with Gasteiger partial charge in [0.1, 0.15) is 11.6 Å². The van der Waals surface area contributed by atoms with E-state index in [0.717, 1.165) is 48.8 Å². The second-order valence-electron chi connectivity index (χ2n) is 9.49. The highest BCUT2D eigenvalue weighted by Crippen LogP contribution is 2.31. The van der Waals surface area contributed by atoms with Crippen LogP contribution >= 0.6 is 0 Å². The molecule has 8 nitrogen and oxygen atoms in total. The van der Waals surface area contributed by atoms with E-state index in [0.29, 0.717) is 25.3 Å². The molecule has 2 aromatic carbocycles. The summed E-state index contributed by atoms with van der Waals surface area (Å²) in [5, 5.41) is 4.78. The molecule has 1 saturated heterocycles. The van der Waals surface area contributed by atoms with Crippen molar-refractivity contribution in [3.05, 3.63) is 77.2 Å². The molecule has 3 aromatic rings. The summed E-state index contributed by atoms with van der Waals surface area (Å²) in [6.07, 6.45) is 0.575. The molecule has 37 heavy (non-hydrogen) atoms. The number of halogens is 1. The quantitative estimate of drug-likeness (QED) is 0.355. The van der Waals surface area contributed by atoms with Crippen LogP contribution in [0.3, 0.4) is 0 Å². The smallest absolute Gasteiger partial charge is 0.218 e. The summed E-state index contributed by atoms with van der Waals surface area (Å²) in [6.45, 7) is 6.14. The first-order chi connectivity index (χ1) is 17.8. The van der Waals surface area contributed by atoms with Gasteiger partial charge in [-0.3, -0.25) is 0 Å². The van der Waals surface area contributed by atoms with Crippen LogP contribution in [-0.2, 0) is 27.1 Å². The van der Waals surface area contributed by atoms with Gasteiger partial charge in [0.15, 0.2) is 0 Å². The number of aromatic nitrogens is 2. The Bertz CT molecular complexity index is 1270. The maximum atomic E-state index is 14.2. The van der Waals surface area contributed by atoms with Crippen LogP contribution in [0.25, 0.3) is 5.69 Å². The molecule has 0 bridgehead atoms. The zero-order valence-electron chi connectivity index (χ0n) is 21.8. The molecular weight excluding hydrogens is 493 g/mol. The van der Waals surface area contributed by atoms with Gasteiger partial charge in [0.05, 0.1) is 17.1 Å². The summed E-state index contributed by atoms with van der Waals surface area (Å²) in [7, 11) is 0.0618. The van der Waals surface area contributed by atoms with Gasteiger partial charge in [0, 0.05) is 58.5 Å². The van der Waals surface area contributed by atoms with Crippen molar-refractivity contribution in [2.75, 3.05) is 58.4 Å². The number of benzene rings is 2. The number of likely N-dealkylation sites (N-methyl/N-ethyl adjacent to an activating group) is 1. The Morgan fingerprint density at radius 1 is 1.05 bits per heavy atom. The van der Waals surface area contributed by atoms with Crippen LogP contribution in [0.4, 0.5) is 10.2 Å². The van der Waals surface area contributed by atoms with Gasteiger partial charge in [0.2, 0.25) is 10.0 Å². The fraction of sp³-hybridized carbons (Fsp3) is 0.444. The molecule has 0 amide bonds. The highest BCUT2D eigenvalue weighted by molar-refractivity contribution is 7.88. The maximum absolute atomic E-state index is 14.2. The van der Waals surface area contributed by atoms with Gasteiger partial charge in [-0.1, -0.05) is 36.4 Å². The molecule has 0 aliphatic carbocycles. The molecule has 1 fully saturated rings. The predicted molar refractivity (Wildman–Crippen MR) is 144 cm³/mol. The summed E-state index contributed by atoms with van der Waals surface area (Å²) in [4.78, 5) is 4.49. The van der Waals surface area contributed by atoms with Gasteiger partial charge in [-0.2, -0.15) is 9.40 Å². The molecule has 0 radical (unpaired) electrons. The summed E-state index contributed by atoms with van der Waals surface area (Å²) in [6, 6.07) is 15.6. The molecule has 0 spiro atoms. The van der Waals surface area contributed by atoms with Gasteiger partial charge in [0.25, 0.3) is 0 Å². The molecule has 0 atom stereocenters. The molecular formula is C27H36FN5O3S. The summed E-state index contributed by atoms with van der Waals surface area (Å²) >= 11 is 0. The van der Waals surface area contributed by atoms with Crippen LogP contribution < -0.4 is 4.90 Å². The molecule has 4 rings (SSSR count). The average Bonchev–Trinajstić information content (AvgIpc) is 3.20. The van der Waals surface area contributed by atoms with E-state index in [2.05, 4.69) is 16.8 Å².